The number of hydrogen-bond acceptors (Lipinski definition) is 0. The standard InChI is InChI=1S/C32H37N/c1-14-18(5)24(11)31-26(20(14)7)13-27-28-21(8)15(2)16(3)22(9)29(28)30-23(10)17(4)19(6)25(12)32(30)33(27)31/h13H,1-12H3. The maximum atomic E-state index is 2.62. The van der Waals surface area contributed by atoms with Crippen molar-refractivity contribution in [3.63, 3.8) is 0 Å². The summed E-state index contributed by atoms with van der Waals surface area (Å²) in [5.41, 5.74) is 21.2. The van der Waals surface area contributed by atoms with E-state index in [0.717, 1.165) is 0 Å². The fraction of sp³-hybridized carbons (Fsp3) is 0.375. The van der Waals surface area contributed by atoms with Crippen molar-refractivity contribution in [3.8, 4) is 0 Å². The van der Waals surface area contributed by atoms with Gasteiger partial charge in [-0.1, -0.05) is 0 Å². The van der Waals surface area contributed by atoms with Crippen molar-refractivity contribution in [2.24, 2.45) is 0 Å². The van der Waals surface area contributed by atoms with E-state index in [0.29, 0.717) is 0 Å². The van der Waals surface area contributed by atoms with Crippen molar-refractivity contribution in [1.29, 1.82) is 0 Å². The average Bonchev–Trinajstić information content (AvgIpc) is 3.19. The molecular weight excluding hydrogens is 398 g/mol. The molecule has 5 aromatic rings. The third kappa shape index (κ3) is 2.49. The molecule has 0 saturated carbocycles. The van der Waals surface area contributed by atoms with E-state index < -0.39 is 0 Å². The molecule has 5 rings (SSSR count). The van der Waals surface area contributed by atoms with E-state index in [4.69, 9.17) is 0 Å². The molecule has 2 aromatic heterocycles. The lowest BCUT2D eigenvalue weighted by molar-refractivity contribution is 1.19. The average molecular weight is 436 g/mol. The van der Waals surface area contributed by atoms with Crippen LogP contribution in [0.25, 0.3) is 38.1 Å². The van der Waals surface area contributed by atoms with Crippen LogP contribution in [0.5, 0.6) is 0 Å². The second-order valence-electron chi connectivity index (χ2n) is 10.6. The van der Waals surface area contributed by atoms with Gasteiger partial charge in [-0.25, -0.2) is 0 Å². The third-order valence-electron chi connectivity index (χ3n) is 9.52. The Morgan fingerprint density at radius 3 is 1.30 bits per heavy atom. The smallest absolute Gasteiger partial charge is 0.0575 e. The van der Waals surface area contributed by atoms with E-state index in [-0.39, 0.29) is 0 Å². The summed E-state index contributed by atoms with van der Waals surface area (Å²) in [4.78, 5) is 0. The van der Waals surface area contributed by atoms with E-state index in [1.807, 2.05) is 0 Å². The maximum absolute atomic E-state index is 2.62. The zero-order valence-corrected chi connectivity index (χ0v) is 22.5. The number of nitrogens with zero attached hydrogens (tertiary/aromatic N) is 1. The van der Waals surface area contributed by atoms with Crippen LogP contribution in [-0.4, -0.2) is 4.40 Å². The van der Waals surface area contributed by atoms with Gasteiger partial charge in [0.2, 0.25) is 0 Å². The summed E-state index contributed by atoms with van der Waals surface area (Å²) < 4.78 is 2.62. The second-order valence-corrected chi connectivity index (χ2v) is 10.6. The molecular formula is C32H37N. The fourth-order valence-electron chi connectivity index (χ4n) is 6.35. The number of aryl methyl sites for hydroxylation is 6. The maximum Gasteiger partial charge on any atom is 0.0575 e. The molecule has 0 N–H and O–H groups in total. The molecule has 1 heteroatoms. The second kappa shape index (κ2) is 6.86. The first-order valence-corrected chi connectivity index (χ1v) is 12.2. The molecule has 2 heterocycles. The molecule has 0 aliphatic heterocycles. The number of aromatic nitrogens is 1. The van der Waals surface area contributed by atoms with Crippen molar-refractivity contribution in [1.82, 2.24) is 4.40 Å². The Balaban J connectivity index is 2.36. The molecule has 170 valence electrons. The monoisotopic (exact) mass is 435 g/mol. The molecule has 0 saturated heterocycles. The van der Waals surface area contributed by atoms with Crippen LogP contribution >= 0.6 is 0 Å². The van der Waals surface area contributed by atoms with Crippen LogP contribution in [0.2, 0.25) is 0 Å². The van der Waals surface area contributed by atoms with Gasteiger partial charge in [0.15, 0.2) is 0 Å². The van der Waals surface area contributed by atoms with Gasteiger partial charge in [-0.15, -0.1) is 0 Å². The number of hydrogen-bond donors (Lipinski definition) is 0. The first kappa shape index (κ1) is 22.0. The number of pyridine rings is 1. The SMILES string of the molecule is Cc1c(C)c(C)c2c(cc3c4c(C)c(C)c(C)c(C)c4c4c(C)c(C)c(C)c(C)c4n32)c1C. The van der Waals surface area contributed by atoms with Crippen molar-refractivity contribution >= 4 is 38.1 Å². The highest BCUT2D eigenvalue weighted by atomic mass is 14.9. The van der Waals surface area contributed by atoms with Crippen LogP contribution in [-0.2, 0) is 0 Å². The molecule has 0 spiro atoms. The normalized spacial score (nSPS) is 12.2. The van der Waals surface area contributed by atoms with Gasteiger partial charge in [-0.2, -0.15) is 0 Å². The summed E-state index contributed by atoms with van der Waals surface area (Å²) in [5, 5.41) is 5.72. The minimum absolute atomic E-state index is 1.36. The van der Waals surface area contributed by atoms with E-state index in [1.54, 1.807) is 0 Å². The zero-order valence-electron chi connectivity index (χ0n) is 22.5. The van der Waals surface area contributed by atoms with Gasteiger partial charge in [0.05, 0.1) is 16.6 Å². The largest absolute Gasteiger partial charge is 0.308 e. The van der Waals surface area contributed by atoms with E-state index in [9.17, 15) is 0 Å². The number of fused-ring (bicyclic) bond motifs is 8. The van der Waals surface area contributed by atoms with Gasteiger partial charge in [0.1, 0.15) is 0 Å². The van der Waals surface area contributed by atoms with Crippen LogP contribution < -0.4 is 0 Å². The highest BCUT2D eigenvalue weighted by Crippen LogP contribution is 2.44. The molecule has 0 unspecified atom stereocenters. The van der Waals surface area contributed by atoms with Crippen LogP contribution in [0, 0.1) is 83.1 Å². The quantitative estimate of drug-likeness (QED) is 0.214. The first-order chi connectivity index (χ1) is 15.4. The molecule has 1 nitrogen and oxygen atoms in total. The lowest BCUT2D eigenvalue weighted by Crippen LogP contribution is -2.04. The summed E-state index contributed by atoms with van der Waals surface area (Å²) in [7, 11) is 0. The summed E-state index contributed by atoms with van der Waals surface area (Å²) in [6.07, 6.45) is 0. The third-order valence-corrected chi connectivity index (χ3v) is 9.52. The van der Waals surface area contributed by atoms with Gasteiger partial charge < -0.3 is 4.40 Å². The molecule has 0 aliphatic carbocycles. The van der Waals surface area contributed by atoms with Gasteiger partial charge in [0, 0.05) is 16.2 Å². The molecule has 0 atom stereocenters. The van der Waals surface area contributed by atoms with Crippen LogP contribution in [0.4, 0.5) is 0 Å². The van der Waals surface area contributed by atoms with Crippen molar-refractivity contribution in [3.05, 3.63) is 72.8 Å². The molecule has 3 aromatic carbocycles. The highest BCUT2D eigenvalue weighted by molar-refractivity contribution is 6.20. The van der Waals surface area contributed by atoms with Gasteiger partial charge in [-0.3, -0.25) is 0 Å². The van der Waals surface area contributed by atoms with E-state index in [1.165, 1.54) is 105 Å². The van der Waals surface area contributed by atoms with Crippen LogP contribution in [0.15, 0.2) is 6.07 Å². The summed E-state index contributed by atoms with van der Waals surface area (Å²) in [6, 6.07) is 2.48. The molecule has 0 aliphatic rings. The minimum Gasteiger partial charge on any atom is -0.308 e. The van der Waals surface area contributed by atoms with E-state index >= 15 is 0 Å². The predicted molar refractivity (Wildman–Crippen MR) is 147 cm³/mol. The fourth-order valence-corrected chi connectivity index (χ4v) is 6.35. The van der Waals surface area contributed by atoms with Crippen molar-refractivity contribution in [2.45, 2.75) is 83.1 Å². The summed E-state index contributed by atoms with van der Waals surface area (Å²) >= 11 is 0. The molecule has 33 heavy (non-hydrogen) atoms. The Labute approximate surface area is 198 Å². The van der Waals surface area contributed by atoms with Gasteiger partial charge >= 0.3 is 0 Å². The lowest BCUT2D eigenvalue weighted by Gasteiger charge is -2.23. The van der Waals surface area contributed by atoms with Crippen LogP contribution in [0.3, 0.4) is 0 Å². The van der Waals surface area contributed by atoms with Crippen molar-refractivity contribution in [2.75, 3.05) is 0 Å². The Morgan fingerprint density at radius 2 is 0.758 bits per heavy atom. The van der Waals surface area contributed by atoms with Gasteiger partial charge in [0.25, 0.3) is 0 Å². The molecule has 0 bridgehead atoms. The molecule has 0 radical (unpaired) electrons. The Bertz CT molecular complexity index is 1700. The Morgan fingerprint density at radius 1 is 0.364 bits per heavy atom. The highest BCUT2D eigenvalue weighted by Gasteiger charge is 2.24. The Kier molecular flexibility index (Phi) is 4.57. The number of benzene rings is 3. The predicted octanol–water partition coefficient (Wildman–Crippen LogP) is 9.10. The van der Waals surface area contributed by atoms with Crippen LogP contribution in [0.1, 0.15) is 66.8 Å². The minimum atomic E-state index is 1.36. The summed E-state index contributed by atoms with van der Waals surface area (Å²) in [6.45, 7) is 27.7. The zero-order chi connectivity index (χ0) is 24.3. The topological polar surface area (TPSA) is 4.41 Å². The van der Waals surface area contributed by atoms with Crippen molar-refractivity contribution < 1.29 is 0 Å². The molecule has 0 amide bonds. The van der Waals surface area contributed by atoms with E-state index in [2.05, 4.69) is 93.6 Å². The number of rotatable bonds is 0. The summed E-state index contributed by atoms with van der Waals surface area (Å²) in [5.74, 6) is 0. The Hall–Kier alpha value is -2.80. The van der Waals surface area contributed by atoms with Gasteiger partial charge in [-0.05, 0) is 161 Å². The lowest BCUT2D eigenvalue weighted by atomic mass is 9.85. The first-order valence-electron chi connectivity index (χ1n) is 12.2. The molecule has 0 fully saturated rings.